The summed E-state index contributed by atoms with van der Waals surface area (Å²) in [4.78, 5) is 27.3. The number of unbranched alkanes of at least 4 members (excludes halogenated alkanes) is 13. The maximum atomic E-state index is 12.8. The minimum Gasteiger partial charge on any atom is -0.494 e. The molecule has 0 radical (unpaired) electrons. The predicted molar refractivity (Wildman–Crippen MR) is 178 cm³/mol. The van der Waals surface area contributed by atoms with Gasteiger partial charge in [0.15, 0.2) is 0 Å². The quantitative estimate of drug-likeness (QED) is 0.0823. The number of nitrogens with zero attached hydrogens (tertiary/aromatic N) is 1. The van der Waals surface area contributed by atoms with Gasteiger partial charge in [-0.15, -0.1) is 0 Å². The second kappa shape index (κ2) is 21.0. The number of carbonyl (C=O) groups is 2. The summed E-state index contributed by atoms with van der Waals surface area (Å²) in [6, 6.07) is 15.9. The van der Waals surface area contributed by atoms with Crippen LogP contribution in [-0.4, -0.2) is 36.5 Å². The molecule has 0 aromatic heterocycles. The van der Waals surface area contributed by atoms with Gasteiger partial charge in [0.1, 0.15) is 11.5 Å². The zero-order chi connectivity index (χ0) is 30.5. The molecule has 0 bridgehead atoms. The van der Waals surface area contributed by atoms with Crippen LogP contribution in [-0.2, 0) is 9.59 Å². The van der Waals surface area contributed by atoms with Gasteiger partial charge in [-0.05, 0) is 61.1 Å². The Bertz CT molecular complexity index is 1020. The summed E-state index contributed by atoms with van der Waals surface area (Å²) in [5, 5.41) is 0. The number of ether oxygens (including phenoxy) is 2. The molecule has 238 valence electrons. The number of benzene rings is 2. The fraction of sp³-hybridized carbons (Fsp3) is 0.632. The Morgan fingerprint density at radius 1 is 0.628 bits per heavy atom. The van der Waals surface area contributed by atoms with Gasteiger partial charge < -0.3 is 14.4 Å². The molecule has 1 fully saturated rings. The molecule has 0 N–H and O–H groups in total. The summed E-state index contributed by atoms with van der Waals surface area (Å²) in [5.74, 6) is 1.36. The average molecular weight is 592 g/mol. The van der Waals surface area contributed by atoms with E-state index >= 15 is 0 Å². The fourth-order valence-corrected chi connectivity index (χ4v) is 5.84. The zero-order valence-corrected chi connectivity index (χ0v) is 27.1. The average Bonchev–Trinajstić information content (AvgIpc) is 3.04. The van der Waals surface area contributed by atoms with Crippen LogP contribution >= 0.6 is 0 Å². The highest BCUT2D eigenvalue weighted by atomic mass is 16.5. The Kier molecular flexibility index (Phi) is 16.9. The molecule has 1 aliphatic heterocycles. The van der Waals surface area contributed by atoms with Crippen LogP contribution in [0.3, 0.4) is 0 Å². The van der Waals surface area contributed by atoms with Gasteiger partial charge in [-0.2, -0.15) is 0 Å². The minimum atomic E-state index is -0.190. The Balaban J connectivity index is 1.31. The van der Waals surface area contributed by atoms with Crippen molar-refractivity contribution in [3.05, 3.63) is 48.5 Å². The molecular weight excluding hydrogens is 534 g/mol. The predicted octanol–water partition coefficient (Wildman–Crippen LogP) is 10.2. The van der Waals surface area contributed by atoms with Crippen molar-refractivity contribution in [2.75, 3.05) is 19.7 Å². The molecule has 5 heteroatoms. The van der Waals surface area contributed by atoms with Gasteiger partial charge in [0.2, 0.25) is 5.91 Å². The molecule has 1 heterocycles. The Hall–Kier alpha value is -2.82. The number of esters is 1. The van der Waals surface area contributed by atoms with E-state index in [0.29, 0.717) is 38.1 Å². The smallest absolute Gasteiger partial charge is 0.314 e. The molecule has 5 nitrogen and oxygen atoms in total. The minimum absolute atomic E-state index is 0.152. The van der Waals surface area contributed by atoms with Gasteiger partial charge in [0.05, 0.1) is 12.5 Å². The highest BCUT2D eigenvalue weighted by Gasteiger charge is 2.28. The lowest BCUT2D eigenvalue weighted by molar-refractivity contribution is -0.143. The van der Waals surface area contributed by atoms with Crippen molar-refractivity contribution >= 4 is 11.9 Å². The third kappa shape index (κ3) is 13.6. The van der Waals surface area contributed by atoms with Crippen LogP contribution < -0.4 is 9.47 Å². The van der Waals surface area contributed by atoms with Crippen LogP contribution in [0.2, 0.25) is 0 Å². The van der Waals surface area contributed by atoms with Crippen LogP contribution in [0.1, 0.15) is 129 Å². The fourth-order valence-electron chi connectivity index (χ4n) is 5.84. The second-order valence-corrected chi connectivity index (χ2v) is 12.3. The monoisotopic (exact) mass is 591 g/mol. The zero-order valence-electron chi connectivity index (χ0n) is 27.1. The maximum absolute atomic E-state index is 12.8. The van der Waals surface area contributed by atoms with E-state index in [9.17, 15) is 9.59 Å². The van der Waals surface area contributed by atoms with Crippen molar-refractivity contribution in [3.8, 4) is 22.6 Å². The van der Waals surface area contributed by atoms with Crippen LogP contribution in [0.25, 0.3) is 11.1 Å². The molecule has 43 heavy (non-hydrogen) atoms. The summed E-state index contributed by atoms with van der Waals surface area (Å²) >= 11 is 0. The molecule has 3 rings (SSSR count). The number of rotatable bonds is 21. The molecule has 1 aliphatic rings. The molecule has 0 aliphatic carbocycles. The van der Waals surface area contributed by atoms with Crippen molar-refractivity contribution in [3.63, 3.8) is 0 Å². The van der Waals surface area contributed by atoms with Crippen molar-refractivity contribution in [1.29, 1.82) is 0 Å². The lowest BCUT2D eigenvalue weighted by Gasteiger charge is -2.31. The van der Waals surface area contributed by atoms with Crippen molar-refractivity contribution in [1.82, 2.24) is 4.90 Å². The number of carbonyl (C=O) groups excluding carboxylic acids is 2. The highest BCUT2D eigenvalue weighted by Crippen LogP contribution is 2.26. The number of likely N-dealkylation sites (tertiary alicyclic amines) is 1. The molecule has 1 amide bonds. The van der Waals surface area contributed by atoms with Gasteiger partial charge in [-0.25, -0.2) is 0 Å². The third-order valence-corrected chi connectivity index (χ3v) is 8.70. The molecular formula is C38H57NO4. The van der Waals surface area contributed by atoms with Crippen LogP contribution in [0.4, 0.5) is 0 Å². The standard InChI is InChI=1S/C38H57NO4/c1-3-5-7-9-11-13-15-17-31-42-35-23-19-32(20-24-35)33-21-25-36(26-22-33)43-38(41)34-27-29-39(30-28-34)37(40)18-16-14-12-10-8-6-4-2/h19-26,34H,3-18,27-31H2,1-2H3. The molecule has 0 spiro atoms. The molecule has 1 saturated heterocycles. The first kappa shape index (κ1) is 34.7. The van der Waals surface area contributed by atoms with E-state index in [4.69, 9.17) is 9.47 Å². The molecule has 2 aromatic carbocycles. The Morgan fingerprint density at radius 3 is 1.63 bits per heavy atom. The van der Waals surface area contributed by atoms with E-state index in [1.165, 1.54) is 77.0 Å². The van der Waals surface area contributed by atoms with Crippen LogP contribution in [0, 0.1) is 5.92 Å². The van der Waals surface area contributed by atoms with Gasteiger partial charge >= 0.3 is 5.97 Å². The number of amides is 1. The lowest BCUT2D eigenvalue weighted by Crippen LogP contribution is -2.41. The number of piperidine rings is 1. The first-order chi connectivity index (χ1) is 21.1. The SMILES string of the molecule is CCCCCCCCCCOc1ccc(-c2ccc(OC(=O)C3CCN(C(=O)CCCCCCCCC)CC3)cc2)cc1. The maximum Gasteiger partial charge on any atom is 0.314 e. The molecule has 0 atom stereocenters. The van der Waals surface area contributed by atoms with Crippen LogP contribution in [0.5, 0.6) is 11.5 Å². The first-order valence-electron chi connectivity index (χ1n) is 17.4. The largest absolute Gasteiger partial charge is 0.494 e. The van der Waals surface area contributed by atoms with Crippen molar-refractivity contribution in [2.45, 2.75) is 129 Å². The van der Waals surface area contributed by atoms with Crippen molar-refractivity contribution < 1.29 is 19.1 Å². The van der Waals surface area contributed by atoms with Crippen molar-refractivity contribution in [2.24, 2.45) is 5.92 Å². The van der Waals surface area contributed by atoms with E-state index in [0.717, 1.165) is 42.7 Å². The summed E-state index contributed by atoms with van der Waals surface area (Å²) in [6.07, 6.45) is 20.9. The topological polar surface area (TPSA) is 55.8 Å². The van der Waals surface area contributed by atoms with E-state index in [1.54, 1.807) is 0 Å². The summed E-state index contributed by atoms with van der Waals surface area (Å²) in [6.45, 7) is 6.55. The van der Waals surface area contributed by atoms with E-state index < -0.39 is 0 Å². The Morgan fingerprint density at radius 2 is 1.09 bits per heavy atom. The second-order valence-electron chi connectivity index (χ2n) is 12.3. The number of hydrogen-bond acceptors (Lipinski definition) is 4. The van der Waals surface area contributed by atoms with E-state index in [1.807, 2.05) is 41.3 Å². The van der Waals surface area contributed by atoms with Gasteiger partial charge in [-0.1, -0.05) is 122 Å². The van der Waals surface area contributed by atoms with E-state index in [2.05, 4.69) is 26.0 Å². The molecule has 0 saturated carbocycles. The summed E-state index contributed by atoms with van der Waals surface area (Å²) < 4.78 is 11.7. The van der Waals surface area contributed by atoms with Crippen LogP contribution in [0.15, 0.2) is 48.5 Å². The number of hydrogen-bond donors (Lipinski definition) is 0. The molecule has 2 aromatic rings. The highest BCUT2D eigenvalue weighted by molar-refractivity contribution is 5.78. The van der Waals surface area contributed by atoms with Gasteiger partial charge in [0, 0.05) is 19.5 Å². The summed E-state index contributed by atoms with van der Waals surface area (Å²) in [7, 11) is 0. The first-order valence-corrected chi connectivity index (χ1v) is 17.4. The van der Waals surface area contributed by atoms with Gasteiger partial charge in [0.25, 0.3) is 0 Å². The third-order valence-electron chi connectivity index (χ3n) is 8.70. The normalized spacial score (nSPS) is 13.7. The molecule has 0 unspecified atom stereocenters. The Labute approximate surface area is 261 Å². The van der Waals surface area contributed by atoms with Gasteiger partial charge in [-0.3, -0.25) is 9.59 Å². The van der Waals surface area contributed by atoms with E-state index in [-0.39, 0.29) is 17.8 Å². The summed E-state index contributed by atoms with van der Waals surface area (Å²) in [5.41, 5.74) is 2.17. The lowest BCUT2D eigenvalue weighted by atomic mass is 9.96.